The lowest BCUT2D eigenvalue weighted by Gasteiger charge is -2.27. The molecule has 2 aliphatic heterocycles. The first-order chi connectivity index (χ1) is 14.5. The van der Waals surface area contributed by atoms with Gasteiger partial charge in [0.05, 0.1) is 22.0 Å². The zero-order valence-corrected chi connectivity index (χ0v) is 17.9. The minimum Gasteiger partial charge on any atom is -0.486 e. The van der Waals surface area contributed by atoms with Gasteiger partial charge in [0.15, 0.2) is 11.5 Å². The fraction of sp³-hybridized carbons (Fsp3) is 0.364. The summed E-state index contributed by atoms with van der Waals surface area (Å²) in [6, 6.07) is 8.41. The highest BCUT2D eigenvalue weighted by Gasteiger charge is 2.21. The molecule has 0 radical (unpaired) electrons. The van der Waals surface area contributed by atoms with Gasteiger partial charge in [-0.05, 0) is 55.2 Å². The fourth-order valence-electron chi connectivity index (χ4n) is 3.69. The summed E-state index contributed by atoms with van der Waals surface area (Å²) in [5.41, 5.74) is 1.70. The Bertz CT molecular complexity index is 974. The molecule has 0 spiro atoms. The summed E-state index contributed by atoms with van der Waals surface area (Å²) in [5.74, 6) is 0.755. The predicted octanol–water partition coefficient (Wildman–Crippen LogP) is 4.57. The van der Waals surface area contributed by atoms with Crippen LogP contribution in [0, 0.1) is 0 Å². The third-order valence-corrected chi connectivity index (χ3v) is 5.74. The van der Waals surface area contributed by atoms with Crippen molar-refractivity contribution >= 4 is 40.7 Å². The number of anilines is 1. The van der Waals surface area contributed by atoms with Gasteiger partial charge in [-0.2, -0.15) is 0 Å². The lowest BCUT2D eigenvalue weighted by Crippen LogP contribution is -2.35. The smallest absolute Gasteiger partial charge is 0.255 e. The van der Waals surface area contributed by atoms with Crippen LogP contribution < -0.4 is 14.8 Å². The second kappa shape index (κ2) is 9.14. The van der Waals surface area contributed by atoms with E-state index in [-0.39, 0.29) is 18.2 Å². The van der Waals surface area contributed by atoms with Crippen molar-refractivity contribution in [1.29, 1.82) is 0 Å². The van der Waals surface area contributed by atoms with Crippen molar-refractivity contribution < 1.29 is 19.1 Å². The molecule has 2 aliphatic rings. The molecular weight excluding hydrogens is 427 g/mol. The Morgan fingerprint density at radius 1 is 0.967 bits per heavy atom. The number of carbonyl (C=O) groups excluding carboxylic acids is 2. The maximum Gasteiger partial charge on any atom is 0.255 e. The van der Waals surface area contributed by atoms with E-state index in [9.17, 15) is 9.59 Å². The summed E-state index contributed by atoms with van der Waals surface area (Å²) in [6.45, 7) is 2.40. The van der Waals surface area contributed by atoms with Gasteiger partial charge in [-0.3, -0.25) is 9.59 Å². The maximum atomic E-state index is 12.7. The predicted molar refractivity (Wildman–Crippen MR) is 116 cm³/mol. The monoisotopic (exact) mass is 448 g/mol. The number of piperidine rings is 1. The lowest BCUT2D eigenvalue weighted by atomic mass is 10.1. The van der Waals surface area contributed by atoms with Gasteiger partial charge in [-0.25, -0.2) is 0 Å². The highest BCUT2D eigenvalue weighted by molar-refractivity contribution is 6.34. The molecule has 0 unspecified atom stereocenters. The summed E-state index contributed by atoms with van der Waals surface area (Å²) >= 11 is 12.6. The summed E-state index contributed by atoms with van der Waals surface area (Å²) < 4.78 is 11.0. The SMILES string of the molecule is O=C(Cc1cc(Cl)c2c(c1)OCCO2)Nc1ccc(C(=O)N2CCCCC2)c(Cl)c1. The number of amides is 2. The van der Waals surface area contributed by atoms with E-state index in [1.807, 2.05) is 4.90 Å². The molecule has 30 heavy (non-hydrogen) atoms. The number of nitrogens with zero attached hydrogens (tertiary/aromatic N) is 1. The van der Waals surface area contributed by atoms with Gasteiger partial charge < -0.3 is 19.7 Å². The van der Waals surface area contributed by atoms with Crippen LogP contribution in [0.1, 0.15) is 35.2 Å². The highest BCUT2D eigenvalue weighted by Crippen LogP contribution is 2.38. The quantitative estimate of drug-likeness (QED) is 0.743. The molecule has 2 amide bonds. The van der Waals surface area contributed by atoms with Crippen LogP contribution in [0.3, 0.4) is 0 Å². The first-order valence-electron chi connectivity index (χ1n) is 9.98. The Kier molecular flexibility index (Phi) is 6.35. The van der Waals surface area contributed by atoms with Crippen molar-refractivity contribution in [1.82, 2.24) is 4.90 Å². The molecule has 2 aromatic rings. The van der Waals surface area contributed by atoms with Crippen LogP contribution in [0.15, 0.2) is 30.3 Å². The van der Waals surface area contributed by atoms with Crippen LogP contribution in [0.2, 0.25) is 10.0 Å². The average molecular weight is 449 g/mol. The van der Waals surface area contributed by atoms with E-state index in [2.05, 4.69) is 5.32 Å². The van der Waals surface area contributed by atoms with Gasteiger partial charge in [-0.15, -0.1) is 0 Å². The van der Waals surface area contributed by atoms with Crippen molar-refractivity contribution in [3.8, 4) is 11.5 Å². The van der Waals surface area contributed by atoms with Crippen molar-refractivity contribution in [2.24, 2.45) is 0 Å². The Balaban J connectivity index is 1.42. The Labute approximate surface area is 185 Å². The van der Waals surface area contributed by atoms with Crippen molar-refractivity contribution in [3.05, 3.63) is 51.5 Å². The van der Waals surface area contributed by atoms with E-state index in [4.69, 9.17) is 32.7 Å². The molecule has 1 saturated heterocycles. The number of hydrogen-bond donors (Lipinski definition) is 1. The normalized spacial score (nSPS) is 15.6. The molecule has 1 N–H and O–H groups in total. The minimum absolute atomic E-state index is 0.0662. The molecule has 1 fully saturated rings. The van der Waals surface area contributed by atoms with Gasteiger partial charge in [0.25, 0.3) is 5.91 Å². The van der Waals surface area contributed by atoms with Crippen LogP contribution in [0.5, 0.6) is 11.5 Å². The molecule has 0 saturated carbocycles. The third-order valence-electron chi connectivity index (χ3n) is 5.15. The fourth-order valence-corrected chi connectivity index (χ4v) is 4.24. The second-order valence-electron chi connectivity index (χ2n) is 7.37. The van der Waals surface area contributed by atoms with Crippen LogP contribution in [0.4, 0.5) is 5.69 Å². The number of nitrogens with one attached hydrogen (secondary N) is 1. The first kappa shape index (κ1) is 20.8. The summed E-state index contributed by atoms with van der Waals surface area (Å²) in [6.07, 6.45) is 3.29. The van der Waals surface area contributed by atoms with Crippen LogP contribution in [-0.4, -0.2) is 43.0 Å². The average Bonchev–Trinajstić information content (AvgIpc) is 2.74. The van der Waals surface area contributed by atoms with E-state index >= 15 is 0 Å². The molecule has 2 heterocycles. The second-order valence-corrected chi connectivity index (χ2v) is 8.19. The molecule has 158 valence electrons. The van der Waals surface area contributed by atoms with E-state index in [1.165, 1.54) is 0 Å². The first-order valence-corrected chi connectivity index (χ1v) is 10.7. The van der Waals surface area contributed by atoms with Crippen molar-refractivity contribution in [2.45, 2.75) is 25.7 Å². The Morgan fingerprint density at radius 3 is 2.50 bits per heavy atom. The van der Waals surface area contributed by atoms with Crippen molar-refractivity contribution in [2.75, 3.05) is 31.6 Å². The standard InChI is InChI=1S/C22H22Cl2N2O4/c23-17-13-15(4-5-16(17)22(28)26-6-2-1-3-7-26)25-20(27)12-14-10-18(24)21-19(11-14)29-8-9-30-21/h4-5,10-11,13H,1-3,6-9,12H2,(H,25,27). The number of rotatable bonds is 4. The topological polar surface area (TPSA) is 67.9 Å². The number of halogens is 2. The van der Waals surface area contributed by atoms with Crippen LogP contribution in [-0.2, 0) is 11.2 Å². The number of ether oxygens (including phenoxy) is 2. The molecule has 2 aromatic carbocycles. The summed E-state index contributed by atoms with van der Waals surface area (Å²) in [5, 5.41) is 3.55. The molecule has 4 rings (SSSR count). The summed E-state index contributed by atoms with van der Waals surface area (Å²) in [4.78, 5) is 27.0. The lowest BCUT2D eigenvalue weighted by molar-refractivity contribution is -0.115. The maximum absolute atomic E-state index is 12.7. The molecule has 8 heteroatoms. The number of likely N-dealkylation sites (tertiary alicyclic amines) is 1. The molecular formula is C22H22Cl2N2O4. The number of fused-ring (bicyclic) bond motifs is 1. The number of carbonyl (C=O) groups is 2. The third kappa shape index (κ3) is 4.65. The van der Waals surface area contributed by atoms with Crippen LogP contribution >= 0.6 is 23.2 Å². The van der Waals surface area contributed by atoms with Gasteiger partial charge in [0, 0.05) is 18.8 Å². The molecule has 0 bridgehead atoms. The van der Waals surface area contributed by atoms with E-state index in [0.29, 0.717) is 51.6 Å². The van der Waals surface area contributed by atoms with Gasteiger partial charge >= 0.3 is 0 Å². The zero-order valence-electron chi connectivity index (χ0n) is 16.4. The zero-order chi connectivity index (χ0) is 21.1. The molecule has 0 aliphatic carbocycles. The Hall–Kier alpha value is -2.44. The van der Waals surface area contributed by atoms with Crippen molar-refractivity contribution in [3.63, 3.8) is 0 Å². The number of hydrogen-bond acceptors (Lipinski definition) is 4. The Morgan fingerprint density at radius 2 is 1.73 bits per heavy atom. The molecule has 0 atom stereocenters. The largest absolute Gasteiger partial charge is 0.486 e. The van der Waals surface area contributed by atoms with Gasteiger partial charge in [0.2, 0.25) is 5.91 Å². The van der Waals surface area contributed by atoms with E-state index < -0.39 is 0 Å². The van der Waals surface area contributed by atoms with Crippen LogP contribution in [0.25, 0.3) is 0 Å². The van der Waals surface area contributed by atoms with Gasteiger partial charge in [0.1, 0.15) is 13.2 Å². The molecule has 6 nitrogen and oxygen atoms in total. The van der Waals surface area contributed by atoms with Gasteiger partial charge in [-0.1, -0.05) is 23.2 Å². The molecule has 0 aromatic heterocycles. The number of benzene rings is 2. The minimum atomic E-state index is -0.228. The summed E-state index contributed by atoms with van der Waals surface area (Å²) in [7, 11) is 0. The van der Waals surface area contributed by atoms with E-state index in [1.54, 1.807) is 30.3 Å². The van der Waals surface area contributed by atoms with E-state index in [0.717, 1.165) is 32.4 Å². The highest BCUT2D eigenvalue weighted by atomic mass is 35.5.